The fourth-order valence-corrected chi connectivity index (χ4v) is 4.55. The van der Waals surface area contributed by atoms with Crippen molar-refractivity contribution in [3.05, 3.63) is 48.0 Å². The Morgan fingerprint density at radius 2 is 1.92 bits per heavy atom. The number of aliphatic hydroxyl groups excluding tert-OH is 1. The zero-order valence-corrected chi connectivity index (χ0v) is 22.1. The maximum absolute atomic E-state index is 13.1. The van der Waals surface area contributed by atoms with E-state index >= 15 is 0 Å². The predicted molar refractivity (Wildman–Crippen MR) is 140 cm³/mol. The molecule has 2 aliphatic heterocycles. The molecule has 0 aromatic heterocycles. The minimum Gasteiger partial charge on any atom is -0.462 e. The van der Waals surface area contributed by atoms with Crippen LogP contribution < -0.4 is 10.6 Å². The molecular weight excluding hydrogens is 490 g/mol. The van der Waals surface area contributed by atoms with Crippen LogP contribution in [0.5, 0.6) is 0 Å². The molecule has 0 spiro atoms. The van der Waals surface area contributed by atoms with E-state index in [1.165, 1.54) is 0 Å². The number of hydrogen-bond acceptors (Lipinski definition) is 7. The molecule has 1 fully saturated rings. The molecule has 3 amide bonds. The van der Waals surface area contributed by atoms with E-state index in [1.54, 1.807) is 17.1 Å². The number of carbonyl (C=O) groups is 4. The SMILES string of the molecule is CC(C)C1COC(=O)C(NC(=O)OCc2ccccc2)CC=CCC(CC(=O)N2CCCC2CO)C(=O)N1. The average molecular weight is 530 g/mol. The van der Waals surface area contributed by atoms with Gasteiger partial charge in [-0.2, -0.15) is 0 Å². The smallest absolute Gasteiger partial charge is 0.408 e. The Morgan fingerprint density at radius 3 is 2.63 bits per heavy atom. The number of ether oxygens (including phenoxy) is 2. The van der Waals surface area contributed by atoms with E-state index in [1.807, 2.05) is 44.2 Å². The van der Waals surface area contributed by atoms with E-state index in [-0.39, 0.29) is 56.4 Å². The van der Waals surface area contributed by atoms with Gasteiger partial charge in [-0.1, -0.05) is 56.3 Å². The first kappa shape index (κ1) is 29.2. The number of esters is 1. The molecule has 4 unspecified atom stereocenters. The van der Waals surface area contributed by atoms with Gasteiger partial charge in [-0.25, -0.2) is 9.59 Å². The van der Waals surface area contributed by atoms with Crippen LogP contribution in [0.25, 0.3) is 0 Å². The minimum absolute atomic E-state index is 0.0186. The number of allylic oxidation sites excluding steroid dienone is 1. The van der Waals surface area contributed by atoms with Crippen molar-refractivity contribution in [2.24, 2.45) is 11.8 Å². The number of nitrogens with one attached hydrogen (secondary N) is 2. The van der Waals surface area contributed by atoms with Gasteiger partial charge in [0.15, 0.2) is 0 Å². The number of amides is 3. The maximum atomic E-state index is 13.1. The third kappa shape index (κ3) is 8.58. The first-order valence-corrected chi connectivity index (χ1v) is 13.3. The van der Waals surface area contributed by atoms with Crippen LogP contribution in [0.3, 0.4) is 0 Å². The molecule has 0 aliphatic carbocycles. The molecule has 38 heavy (non-hydrogen) atoms. The summed E-state index contributed by atoms with van der Waals surface area (Å²) in [4.78, 5) is 53.0. The molecule has 1 aromatic rings. The highest BCUT2D eigenvalue weighted by Gasteiger charge is 2.33. The van der Waals surface area contributed by atoms with Crippen molar-refractivity contribution in [3.8, 4) is 0 Å². The molecule has 4 atom stereocenters. The lowest BCUT2D eigenvalue weighted by Gasteiger charge is -2.28. The van der Waals surface area contributed by atoms with Crippen LogP contribution in [0.4, 0.5) is 4.79 Å². The number of carbonyl (C=O) groups excluding carboxylic acids is 4. The van der Waals surface area contributed by atoms with Gasteiger partial charge in [-0.05, 0) is 37.2 Å². The lowest BCUT2D eigenvalue weighted by Crippen LogP contribution is -2.48. The Morgan fingerprint density at radius 1 is 1.18 bits per heavy atom. The fraction of sp³-hybridized carbons (Fsp3) is 0.571. The highest BCUT2D eigenvalue weighted by molar-refractivity contribution is 5.86. The van der Waals surface area contributed by atoms with Crippen LogP contribution in [0.1, 0.15) is 51.5 Å². The fourth-order valence-electron chi connectivity index (χ4n) is 4.55. The van der Waals surface area contributed by atoms with Crippen molar-refractivity contribution in [2.45, 2.75) is 70.7 Å². The number of aliphatic hydroxyl groups is 1. The second-order valence-corrected chi connectivity index (χ2v) is 10.2. The largest absolute Gasteiger partial charge is 0.462 e. The Hall–Kier alpha value is -3.40. The average Bonchev–Trinajstić information content (AvgIpc) is 3.39. The van der Waals surface area contributed by atoms with Gasteiger partial charge in [0.1, 0.15) is 19.3 Å². The number of rotatable bonds is 7. The monoisotopic (exact) mass is 529 g/mol. The van der Waals surface area contributed by atoms with Crippen LogP contribution >= 0.6 is 0 Å². The van der Waals surface area contributed by atoms with Crippen molar-refractivity contribution in [3.63, 3.8) is 0 Å². The van der Waals surface area contributed by atoms with E-state index < -0.39 is 30.1 Å². The number of nitrogens with zero attached hydrogens (tertiary/aromatic N) is 1. The molecular formula is C28H39N3O7. The van der Waals surface area contributed by atoms with Crippen LogP contribution in [0.15, 0.2) is 42.5 Å². The highest BCUT2D eigenvalue weighted by atomic mass is 16.6. The Bertz CT molecular complexity index is 982. The van der Waals surface area contributed by atoms with Crippen molar-refractivity contribution >= 4 is 23.9 Å². The van der Waals surface area contributed by atoms with Gasteiger partial charge in [0.2, 0.25) is 11.8 Å². The minimum atomic E-state index is -0.965. The van der Waals surface area contributed by atoms with Crippen molar-refractivity contribution in [1.82, 2.24) is 15.5 Å². The molecule has 0 radical (unpaired) electrons. The number of likely N-dealkylation sites (tertiary alicyclic amines) is 1. The van der Waals surface area contributed by atoms with Crippen molar-refractivity contribution in [1.29, 1.82) is 0 Å². The standard InChI is InChI=1S/C28H39N3O7/c1-19(2)24-18-37-27(35)23(30-28(36)38-17-20-9-4-3-5-10-20)13-7-6-11-21(26(34)29-24)15-25(33)31-14-8-12-22(31)16-32/h3-7,9-10,19,21-24,32H,8,11-18H2,1-2H3,(H,29,34)(H,30,36). The molecule has 1 aromatic carbocycles. The Labute approximate surface area is 223 Å². The quantitative estimate of drug-likeness (QED) is 0.364. The first-order valence-electron chi connectivity index (χ1n) is 13.3. The van der Waals surface area contributed by atoms with Gasteiger partial charge in [0.25, 0.3) is 0 Å². The van der Waals surface area contributed by atoms with Crippen LogP contribution in [0.2, 0.25) is 0 Å². The number of alkyl carbamates (subject to hydrolysis) is 1. The van der Waals surface area contributed by atoms with E-state index in [0.717, 1.165) is 18.4 Å². The third-order valence-corrected chi connectivity index (χ3v) is 6.99. The summed E-state index contributed by atoms with van der Waals surface area (Å²) in [6.45, 7) is 4.28. The molecule has 3 rings (SSSR count). The summed E-state index contributed by atoms with van der Waals surface area (Å²) >= 11 is 0. The summed E-state index contributed by atoms with van der Waals surface area (Å²) < 4.78 is 10.7. The second kappa shape index (κ2) is 14.5. The maximum Gasteiger partial charge on any atom is 0.408 e. The Balaban J connectivity index is 1.67. The van der Waals surface area contributed by atoms with Crippen molar-refractivity contribution in [2.75, 3.05) is 19.8 Å². The molecule has 1 saturated heterocycles. The van der Waals surface area contributed by atoms with Crippen molar-refractivity contribution < 1.29 is 33.8 Å². The van der Waals surface area contributed by atoms with Gasteiger partial charge in [0.05, 0.1) is 24.6 Å². The van der Waals surface area contributed by atoms with Gasteiger partial charge < -0.3 is 30.1 Å². The summed E-state index contributed by atoms with van der Waals surface area (Å²) in [5, 5.41) is 15.1. The number of cyclic esters (lactones) is 1. The lowest BCUT2D eigenvalue weighted by atomic mass is 9.96. The summed E-state index contributed by atoms with van der Waals surface area (Å²) in [6.07, 6.45) is 4.74. The summed E-state index contributed by atoms with van der Waals surface area (Å²) in [6, 6.07) is 7.57. The number of benzene rings is 1. The normalized spacial score (nSPS) is 24.7. The topological polar surface area (TPSA) is 134 Å². The van der Waals surface area contributed by atoms with Crippen LogP contribution in [-0.2, 0) is 30.5 Å². The molecule has 0 saturated carbocycles. The molecule has 10 nitrogen and oxygen atoms in total. The molecule has 10 heteroatoms. The molecule has 3 N–H and O–H groups in total. The Kier molecular flexibility index (Phi) is 11.1. The third-order valence-electron chi connectivity index (χ3n) is 6.99. The highest BCUT2D eigenvalue weighted by Crippen LogP contribution is 2.22. The molecule has 2 aliphatic rings. The van der Waals surface area contributed by atoms with E-state index in [0.29, 0.717) is 13.0 Å². The van der Waals surface area contributed by atoms with Gasteiger partial charge in [0, 0.05) is 13.0 Å². The zero-order chi connectivity index (χ0) is 27.5. The van der Waals surface area contributed by atoms with E-state index in [4.69, 9.17) is 9.47 Å². The zero-order valence-electron chi connectivity index (χ0n) is 22.1. The summed E-state index contributed by atoms with van der Waals surface area (Å²) in [7, 11) is 0. The summed E-state index contributed by atoms with van der Waals surface area (Å²) in [5.41, 5.74) is 0.819. The molecule has 2 heterocycles. The van der Waals surface area contributed by atoms with Gasteiger partial charge >= 0.3 is 12.1 Å². The van der Waals surface area contributed by atoms with Gasteiger partial charge in [-0.15, -0.1) is 0 Å². The van der Waals surface area contributed by atoms with E-state index in [9.17, 15) is 24.3 Å². The van der Waals surface area contributed by atoms with Crippen LogP contribution in [0, 0.1) is 11.8 Å². The van der Waals surface area contributed by atoms with Gasteiger partial charge in [-0.3, -0.25) is 9.59 Å². The molecule has 0 bridgehead atoms. The van der Waals surface area contributed by atoms with E-state index in [2.05, 4.69) is 10.6 Å². The number of hydrogen-bond donors (Lipinski definition) is 3. The summed E-state index contributed by atoms with van der Waals surface area (Å²) in [5.74, 6) is -1.71. The van der Waals surface area contributed by atoms with Crippen LogP contribution in [-0.4, -0.2) is 71.8 Å². The predicted octanol–water partition coefficient (Wildman–Crippen LogP) is 2.31. The second-order valence-electron chi connectivity index (χ2n) is 10.2. The first-order chi connectivity index (χ1) is 18.3. The molecule has 208 valence electrons. The lowest BCUT2D eigenvalue weighted by molar-refractivity contribution is -0.148.